The largest absolute Gasteiger partial charge is 0.508 e. The van der Waals surface area contributed by atoms with Crippen LogP contribution in [0.5, 0.6) is 11.5 Å². The molecule has 7 nitrogen and oxygen atoms in total. The third-order valence-corrected chi connectivity index (χ3v) is 6.16. The molecule has 0 radical (unpaired) electrons. The summed E-state index contributed by atoms with van der Waals surface area (Å²) in [5.74, 6) is -1.98. The normalized spacial score (nSPS) is 10.9. The van der Waals surface area contributed by atoms with Gasteiger partial charge in [-0.3, -0.25) is 9.59 Å². The lowest BCUT2D eigenvalue weighted by atomic mass is 10.0. The van der Waals surface area contributed by atoms with Crippen LogP contribution in [0, 0.1) is 0 Å². The van der Waals surface area contributed by atoms with Crippen molar-refractivity contribution >= 4 is 17.6 Å². The second-order valence-electron chi connectivity index (χ2n) is 9.48. The van der Waals surface area contributed by atoms with E-state index < -0.39 is 25.0 Å². The van der Waals surface area contributed by atoms with E-state index in [1.54, 1.807) is 6.07 Å². The molecule has 1 rings (SSSR count). The van der Waals surface area contributed by atoms with Gasteiger partial charge in [0.25, 0.3) is 0 Å². The molecule has 0 aliphatic heterocycles. The summed E-state index contributed by atoms with van der Waals surface area (Å²) >= 11 is 0. The van der Waals surface area contributed by atoms with Crippen LogP contribution in [0.4, 0.5) is 5.69 Å². The van der Waals surface area contributed by atoms with E-state index in [9.17, 15) is 14.7 Å². The minimum absolute atomic E-state index is 0.0924. The van der Waals surface area contributed by atoms with Crippen LogP contribution in [0.25, 0.3) is 0 Å². The third kappa shape index (κ3) is 16.8. The lowest BCUT2D eigenvalue weighted by Crippen LogP contribution is -2.34. The average molecular weight is 494 g/mol. The molecular formula is C28H47NO6. The molecule has 1 aromatic rings. The molecule has 0 spiro atoms. The highest BCUT2D eigenvalue weighted by Gasteiger charge is 2.16. The van der Waals surface area contributed by atoms with Gasteiger partial charge in [-0.1, -0.05) is 103 Å². The van der Waals surface area contributed by atoms with Gasteiger partial charge in [0.2, 0.25) is 0 Å². The lowest BCUT2D eigenvalue weighted by Gasteiger charge is -2.21. The molecule has 0 unspecified atom stereocenters. The Bertz CT molecular complexity index is 693. The van der Waals surface area contributed by atoms with Gasteiger partial charge < -0.3 is 25.0 Å². The second kappa shape index (κ2) is 19.8. The summed E-state index contributed by atoms with van der Waals surface area (Å²) in [6, 6.07) is 4.36. The maximum Gasteiger partial charge on any atom is 0.323 e. The number of aliphatic carboxylic acids is 2. The number of anilines is 1. The Labute approximate surface area is 211 Å². The van der Waals surface area contributed by atoms with Gasteiger partial charge in [-0.25, -0.2) is 0 Å². The first kappa shape index (κ1) is 30.6. The minimum atomic E-state index is -1.15. The van der Waals surface area contributed by atoms with Crippen molar-refractivity contribution in [2.45, 2.75) is 110 Å². The van der Waals surface area contributed by atoms with E-state index in [4.69, 9.17) is 14.9 Å². The van der Waals surface area contributed by atoms with Gasteiger partial charge in [0.1, 0.15) is 24.6 Å². The highest BCUT2D eigenvalue weighted by atomic mass is 16.5. The Balaban J connectivity index is 2.11. The summed E-state index contributed by atoms with van der Waals surface area (Å²) in [7, 11) is 0. The van der Waals surface area contributed by atoms with E-state index in [2.05, 4.69) is 6.92 Å². The van der Waals surface area contributed by atoms with Crippen LogP contribution >= 0.6 is 0 Å². The molecule has 0 atom stereocenters. The molecule has 1 aromatic carbocycles. The molecule has 0 amide bonds. The van der Waals surface area contributed by atoms with Crippen molar-refractivity contribution < 1.29 is 29.6 Å². The van der Waals surface area contributed by atoms with Crippen molar-refractivity contribution in [2.24, 2.45) is 0 Å². The molecule has 7 heteroatoms. The number of carboxylic acids is 2. The summed E-state index contributed by atoms with van der Waals surface area (Å²) in [4.78, 5) is 23.3. The fourth-order valence-electron chi connectivity index (χ4n) is 4.24. The van der Waals surface area contributed by atoms with Crippen molar-refractivity contribution in [3.63, 3.8) is 0 Å². The van der Waals surface area contributed by atoms with Crippen molar-refractivity contribution in [1.82, 2.24) is 0 Å². The number of ether oxygens (including phenoxy) is 1. The Kier molecular flexibility index (Phi) is 17.3. The van der Waals surface area contributed by atoms with Crippen LogP contribution in [0.2, 0.25) is 0 Å². The molecule has 0 saturated carbocycles. The van der Waals surface area contributed by atoms with Crippen LogP contribution in [-0.2, 0) is 9.59 Å². The number of carboxylic acid groups (broad SMARTS) is 2. The van der Waals surface area contributed by atoms with E-state index in [0.29, 0.717) is 18.0 Å². The number of phenolic OH excluding ortho intramolecular Hbond substituents is 1. The number of rotatable bonds is 23. The van der Waals surface area contributed by atoms with Gasteiger partial charge in [-0.2, -0.15) is 0 Å². The maximum atomic E-state index is 11.1. The SMILES string of the molecule is CCCCCCCCCCCCCCCCCCOc1cc(O)cc(N(CC(=O)O)CC(=O)O)c1. The number of nitrogens with zero attached hydrogens (tertiary/aromatic N) is 1. The number of hydrogen-bond acceptors (Lipinski definition) is 5. The highest BCUT2D eigenvalue weighted by Crippen LogP contribution is 2.28. The highest BCUT2D eigenvalue weighted by molar-refractivity contribution is 5.80. The molecule has 0 aliphatic rings. The number of unbranched alkanes of at least 4 members (excludes halogenated alkanes) is 15. The summed E-state index contributed by atoms with van der Waals surface area (Å²) in [5.41, 5.74) is 0.303. The molecule has 0 aliphatic carbocycles. The van der Waals surface area contributed by atoms with Crippen molar-refractivity contribution in [3.8, 4) is 11.5 Å². The van der Waals surface area contributed by atoms with Crippen LogP contribution in [0.15, 0.2) is 18.2 Å². The Morgan fingerprint density at radius 1 is 0.686 bits per heavy atom. The van der Waals surface area contributed by atoms with E-state index in [0.717, 1.165) is 12.8 Å². The van der Waals surface area contributed by atoms with Crippen LogP contribution in [0.3, 0.4) is 0 Å². The second-order valence-corrected chi connectivity index (χ2v) is 9.48. The van der Waals surface area contributed by atoms with Crippen molar-refractivity contribution in [3.05, 3.63) is 18.2 Å². The zero-order valence-electron chi connectivity index (χ0n) is 21.7. The zero-order chi connectivity index (χ0) is 25.7. The van der Waals surface area contributed by atoms with Gasteiger partial charge in [-0.15, -0.1) is 0 Å². The van der Waals surface area contributed by atoms with Gasteiger partial charge >= 0.3 is 11.9 Å². The molecule has 35 heavy (non-hydrogen) atoms. The quantitative estimate of drug-likeness (QED) is 0.141. The molecule has 200 valence electrons. The monoisotopic (exact) mass is 493 g/mol. The van der Waals surface area contributed by atoms with E-state index in [-0.39, 0.29) is 5.75 Å². The molecule has 3 N–H and O–H groups in total. The Hall–Kier alpha value is -2.44. The first-order valence-corrected chi connectivity index (χ1v) is 13.6. The number of phenols is 1. The summed E-state index contributed by atoms with van der Waals surface area (Å²) in [6.45, 7) is 1.81. The van der Waals surface area contributed by atoms with Crippen molar-refractivity contribution in [1.29, 1.82) is 0 Å². The molecule has 0 heterocycles. The maximum absolute atomic E-state index is 11.1. The van der Waals surface area contributed by atoms with Crippen LogP contribution < -0.4 is 9.64 Å². The Morgan fingerprint density at radius 2 is 1.11 bits per heavy atom. The zero-order valence-corrected chi connectivity index (χ0v) is 21.7. The number of carbonyl (C=O) groups is 2. The topological polar surface area (TPSA) is 107 Å². The smallest absolute Gasteiger partial charge is 0.323 e. The summed E-state index contributed by atoms with van der Waals surface area (Å²) in [5, 5.41) is 28.0. The predicted octanol–water partition coefficient (Wildman–Crippen LogP) is 7.01. The van der Waals surface area contributed by atoms with E-state index in [1.165, 1.54) is 107 Å². The molecule has 0 fully saturated rings. The summed E-state index contributed by atoms with van der Waals surface area (Å²) < 4.78 is 5.73. The van der Waals surface area contributed by atoms with Gasteiger partial charge in [0, 0.05) is 23.9 Å². The van der Waals surface area contributed by atoms with Gasteiger partial charge in [-0.05, 0) is 6.42 Å². The molecule has 0 saturated heterocycles. The number of benzene rings is 1. The van der Waals surface area contributed by atoms with Gasteiger partial charge in [0.15, 0.2) is 0 Å². The molecule has 0 bridgehead atoms. The first-order chi connectivity index (χ1) is 16.9. The average Bonchev–Trinajstić information content (AvgIpc) is 2.79. The fourth-order valence-corrected chi connectivity index (χ4v) is 4.24. The Morgan fingerprint density at radius 3 is 1.54 bits per heavy atom. The standard InChI is InChI=1S/C28H47NO6/c1-2-3-4-5-6-7-8-9-10-11-12-13-14-15-16-17-18-35-26-20-24(19-25(30)21-26)29(22-27(31)32)23-28(33)34/h19-21,30H,2-18,22-23H2,1H3,(H,31,32)(H,33,34). The van der Waals surface area contributed by atoms with E-state index >= 15 is 0 Å². The molecular weight excluding hydrogens is 446 g/mol. The number of hydrogen-bond donors (Lipinski definition) is 3. The number of aromatic hydroxyl groups is 1. The van der Waals surface area contributed by atoms with Gasteiger partial charge in [0.05, 0.1) is 6.61 Å². The van der Waals surface area contributed by atoms with E-state index in [1.807, 2.05) is 0 Å². The molecule has 0 aromatic heterocycles. The third-order valence-electron chi connectivity index (χ3n) is 6.16. The first-order valence-electron chi connectivity index (χ1n) is 13.6. The summed E-state index contributed by atoms with van der Waals surface area (Å²) in [6.07, 6.45) is 20.8. The lowest BCUT2D eigenvalue weighted by molar-refractivity contribution is -0.136. The van der Waals surface area contributed by atoms with Crippen LogP contribution in [0.1, 0.15) is 110 Å². The fraction of sp³-hybridized carbons (Fsp3) is 0.714. The van der Waals surface area contributed by atoms with Crippen molar-refractivity contribution in [2.75, 3.05) is 24.6 Å². The van der Waals surface area contributed by atoms with Crippen LogP contribution in [-0.4, -0.2) is 47.0 Å². The minimum Gasteiger partial charge on any atom is -0.508 e. The predicted molar refractivity (Wildman–Crippen MR) is 141 cm³/mol.